The van der Waals surface area contributed by atoms with Gasteiger partial charge in [0.25, 0.3) is 0 Å². The van der Waals surface area contributed by atoms with Gasteiger partial charge in [-0.2, -0.15) is 0 Å². The summed E-state index contributed by atoms with van der Waals surface area (Å²) in [6.07, 6.45) is 2.17. The lowest BCUT2D eigenvalue weighted by Crippen LogP contribution is -1.84. The van der Waals surface area contributed by atoms with E-state index >= 15 is 0 Å². The molecule has 92 valence electrons. The molecule has 1 nitrogen and oxygen atoms in total. The molecule has 18 heavy (non-hydrogen) atoms. The Balaban J connectivity index is 2.23. The van der Waals surface area contributed by atoms with E-state index in [1.807, 2.05) is 24.3 Å². The van der Waals surface area contributed by atoms with Crippen molar-refractivity contribution in [1.29, 1.82) is 0 Å². The highest BCUT2D eigenvalue weighted by atomic mass is 79.9. The van der Waals surface area contributed by atoms with Crippen LogP contribution in [0.1, 0.15) is 18.1 Å². The molecule has 0 heterocycles. The summed E-state index contributed by atoms with van der Waals surface area (Å²) in [7, 11) is 1.68. The highest BCUT2D eigenvalue weighted by molar-refractivity contribution is 9.10. The van der Waals surface area contributed by atoms with E-state index < -0.39 is 0 Å². The normalized spacial score (nSPS) is 11.4. The molecule has 0 aromatic heterocycles. The van der Waals surface area contributed by atoms with Gasteiger partial charge in [0.2, 0.25) is 0 Å². The van der Waals surface area contributed by atoms with Crippen LogP contribution < -0.4 is 4.74 Å². The van der Waals surface area contributed by atoms with Crippen molar-refractivity contribution in [3.05, 3.63) is 64.1 Å². The van der Waals surface area contributed by atoms with E-state index in [1.54, 1.807) is 7.11 Å². The third kappa shape index (κ3) is 3.23. The zero-order valence-corrected chi connectivity index (χ0v) is 12.1. The van der Waals surface area contributed by atoms with E-state index in [9.17, 15) is 0 Å². The highest BCUT2D eigenvalue weighted by Gasteiger charge is 1.97. The SMILES string of the molecule is COc1ccc(/C(C)=C/c2ccc(Br)cc2)cc1. The van der Waals surface area contributed by atoms with Gasteiger partial charge in [-0.25, -0.2) is 0 Å². The Morgan fingerprint density at radius 3 is 2.17 bits per heavy atom. The standard InChI is InChI=1S/C16H15BrO/c1-12(11-13-3-7-15(17)8-4-13)14-5-9-16(18-2)10-6-14/h3-11H,1-2H3/b12-11+. The predicted octanol–water partition coefficient (Wildman–Crippen LogP) is 5.02. The zero-order chi connectivity index (χ0) is 13.0. The van der Waals surface area contributed by atoms with Crippen molar-refractivity contribution >= 4 is 27.6 Å². The van der Waals surface area contributed by atoms with E-state index in [4.69, 9.17) is 4.74 Å². The number of methoxy groups -OCH3 is 1. The Bertz CT molecular complexity index is 538. The molecule has 0 amide bonds. The van der Waals surface area contributed by atoms with Gasteiger partial charge < -0.3 is 4.74 Å². The first kappa shape index (κ1) is 12.9. The molecule has 0 bridgehead atoms. The van der Waals surface area contributed by atoms with Crippen molar-refractivity contribution in [3.8, 4) is 5.75 Å². The fourth-order valence-electron chi connectivity index (χ4n) is 1.75. The summed E-state index contributed by atoms with van der Waals surface area (Å²) in [5.41, 5.74) is 3.64. The number of hydrogen-bond donors (Lipinski definition) is 0. The Morgan fingerprint density at radius 2 is 1.61 bits per heavy atom. The number of halogens is 1. The summed E-state index contributed by atoms with van der Waals surface area (Å²) in [6, 6.07) is 16.4. The maximum absolute atomic E-state index is 5.16. The number of rotatable bonds is 3. The van der Waals surface area contributed by atoms with Crippen LogP contribution in [0.4, 0.5) is 0 Å². The van der Waals surface area contributed by atoms with Crippen molar-refractivity contribution in [2.45, 2.75) is 6.92 Å². The van der Waals surface area contributed by atoms with E-state index in [0.29, 0.717) is 0 Å². The molecule has 0 unspecified atom stereocenters. The van der Waals surface area contributed by atoms with Gasteiger partial charge >= 0.3 is 0 Å². The number of benzene rings is 2. The minimum absolute atomic E-state index is 0.884. The lowest BCUT2D eigenvalue weighted by molar-refractivity contribution is 0.415. The van der Waals surface area contributed by atoms with Crippen LogP contribution in [0.3, 0.4) is 0 Å². The molecule has 0 fully saturated rings. The van der Waals surface area contributed by atoms with Gasteiger partial charge in [0.15, 0.2) is 0 Å². The molecular formula is C16H15BrO. The fourth-order valence-corrected chi connectivity index (χ4v) is 2.01. The predicted molar refractivity (Wildman–Crippen MR) is 80.7 cm³/mol. The Morgan fingerprint density at radius 1 is 1.00 bits per heavy atom. The molecule has 2 aromatic rings. The van der Waals surface area contributed by atoms with Gasteiger partial charge in [-0.15, -0.1) is 0 Å². The minimum atomic E-state index is 0.884. The minimum Gasteiger partial charge on any atom is -0.497 e. The molecule has 0 saturated carbocycles. The zero-order valence-electron chi connectivity index (χ0n) is 10.5. The van der Waals surface area contributed by atoms with Gasteiger partial charge in [0, 0.05) is 4.47 Å². The number of ether oxygens (including phenoxy) is 1. The summed E-state index contributed by atoms with van der Waals surface area (Å²) in [6.45, 7) is 2.11. The smallest absolute Gasteiger partial charge is 0.118 e. The second kappa shape index (κ2) is 5.87. The Kier molecular flexibility index (Phi) is 4.21. The topological polar surface area (TPSA) is 9.23 Å². The second-order valence-corrected chi connectivity index (χ2v) is 5.02. The Hall–Kier alpha value is -1.54. The maximum Gasteiger partial charge on any atom is 0.118 e. The first-order valence-electron chi connectivity index (χ1n) is 5.77. The van der Waals surface area contributed by atoms with Gasteiger partial charge in [0.05, 0.1) is 7.11 Å². The molecular weight excluding hydrogens is 288 g/mol. The molecule has 0 N–H and O–H groups in total. The number of hydrogen-bond acceptors (Lipinski definition) is 1. The average molecular weight is 303 g/mol. The molecule has 0 atom stereocenters. The number of allylic oxidation sites excluding steroid dienone is 1. The van der Waals surface area contributed by atoms with E-state index in [-0.39, 0.29) is 0 Å². The van der Waals surface area contributed by atoms with Gasteiger partial charge in [-0.05, 0) is 47.9 Å². The third-order valence-corrected chi connectivity index (χ3v) is 3.33. The highest BCUT2D eigenvalue weighted by Crippen LogP contribution is 2.21. The van der Waals surface area contributed by atoms with Crippen LogP contribution in [0.2, 0.25) is 0 Å². The Labute approximate surface area is 116 Å². The lowest BCUT2D eigenvalue weighted by Gasteiger charge is -2.04. The average Bonchev–Trinajstić information content (AvgIpc) is 2.41. The van der Waals surface area contributed by atoms with Crippen molar-refractivity contribution in [1.82, 2.24) is 0 Å². The first-order chi connectivity index (χ1) is 8.69. The summed E-state index contributed by atoms with van der Waals surface area (Å²) < 4.78 is 6.25. The molecule has 0 spiro atoms. The van der Waals surface area contributed by atoms with Gasteiger partial charge in [-0.1, -0.05) is 46.3 Å². The van der Waals surface area contributed by atoms with Crippen LogP contribution >= 0.6 is 15.9 Å². The fraction of sp³-hybridized carbons (Fsp3) is 0.125. The summed E-state index contributed by atoms with van der Waals surface area (Å²) in [4.78, 5) is 0. The van der Waals surface area contributed by atoms with Crippen molar-refractivity contribution in [2.75, 3.05) is 7.11 Å². The molecule has 0 radical (unpaired) electrons. The van der Waals surface area contributed by atoms with Crippen LogP contribution in [0.25, 0.3) is 11.6 Å². The molecule has 0 aliphatic rings. The summed E-state index contributed by atoms with van der Waals surface area (Å²) >= 11 is 3.44. The summed E-state index contributed by atoms with van der Waals surface area (Å²) in [5, 5.41) is 0. The molecule has 2 rings (SSSR count). The van der Waals surface area contributed by atoms with Crippen molar-refractivity contribution < 1.29 is 4.74 Å². The van der Waals surface area contributed by atoms with E-state index in [0.717, 1.165) is 10.2 Å². The van der Waals surface area contributed by atoms with Gasteiger partial charge in [0.1, 0.15) is 5.75 Å². The first-order valence-corrected chi connectivity index (χ1v) is 6.56. The van der Waals surface area contributed by atoms with Crippen LogP contribution in [0.5, 0.6) is 5.75 Å². The molecule has 2 heteroatoms. The van der Waals surface area contributed by atoms with Crippen molar-refractivity contribution in [3.63, 3.8) is 0 Å². The van der Waals surface area contributed by atoms with Crippen LogP contribution in [-0.2, 0) is 0 Å². The van der Waals surface area contributed by atoms with Crippen LogP contribution in [0.15, 0.2) is 53.0 Å². The maximum atomic E-state index is 5.16. The quantitative estimate of drug-likeness (QED) is 0.724. The molecule has 0 aliphatic carbocycles. The van der Waals surface area contributed by atoms with Crippen LogP contribution in [-0.4, -0.2) is 7.11 Å². The monoisotopic (exact) mass is 302 g/mol. The third-order valence-electron chi connectivity index (χ3n) is 2.80. The largest absolute Gasteiger partial charge is 0.497 e. The molecule has 2 aromatic carbocycles. The van der Waals surface area contributed by atoms with E-state index in [1.165, 1.54) is 16.7 Å². The van der Waals surface area contributed by atoms with Crippen LogP contribution in [0, 0.1) is 0 Å². The molecule has 0 saturated heterocycles. The van der Waals surface area contributed by atoms with Crippen molar-refractivity contribution in [2.24, 2.45) is 0 Å². The van der Waals surface area contributed by atoms with Gasteiger partial charge in [-0.3, -0.25) is 0 Å². The van der Waals surface area contributed by atoms with E-state index in [2.05, 4.69) is 53.2 Å². The second-order valence-electron chi connectivity index (χ2n) is 4.11. The summed E-state index contributed by atoms with van der Waals surface area (Å²) in [5.74, 6) is 0.884. The molecule has 0 aliphatic heterocycles. The lowest BCUT2D eigenvalue weighted by atomic mass is 10.0.